The first-order chi connectivity index (χ1) is 6.20. The number of methoxy groups -OCH3 is 1. The number of hydrogen-bond donors (Lipinski definition) is 0. The molecule has 0 fully saturated rings. The maximum absolute atomic E-state index is 10.8. The molecule has 0 amide bonds. The van der Waals surface area contributed by atoms with Gasteiger partial charge in [-0.05, 0) is 0 Å². The van der Waals surface area contributed by atoms with Crippen molar-refractivity contribution in [2.45, 2.75) is 19.3 Å². The zero-order valence-corrected chi connectivity index (χ0v) is 7.54. The molecular formula is C9H12O4. The minimum Gasteiger partial charge on any atom is -0.469 e. The summed E-state index contributed by atoms with van der Waals surface area (Å²) < 4.78 is 9.04. The second kappa shape index (κ2) is 7.17. The Bertz CT molecular complexity index is 214. The van der Waals surface area contributed by atoms with Gasteiger partial charge in [0, 0.05) is 6.42 Å². The monoisotopic (exact) mass is 184 g/mol. The van der Waals surface area contributed by atoms with Crippen molar-refractivity contribution in [1.29, 1.82) is 0 Å². The van der Waals surface area contributed by atoms with Gasteiger partial charge >= 0.3 is 11.9 Å². The van der Waals surface area contributed by atoms with Crippen molar-refractivity contribution in [3.8, 4) is 12.3 Å². The van der Waals surface area contributed by atoms with Crippen LogP contribution in [0.2, 0.25) is 0 Å². The molecule has 0 aromatic rings. The standard InChI is InChI=1S/C9H12O4/c1-3-4-7-13-9(11)6-5-8(10)12-2/h1H,4-7H2,2H3. The van der Waals surface area contributed by atoms with E-state index in [-0.39, 0.29) is 19.4 Å². The van der Waals surface area contributed by atoms with Crippen LogP contribution in [0.1, 0.15) is 19.3 Å². The van der Waals surface area contributed by atoms with Gasteiger partial charge in [-0.3, -0.25) is 9.59 Å². The van der Waals surface area contributed by atoms with E-state index in [2.05, 4.69) is 15.4 Å². The fraction of sp³-hybridized carbons (Fsp3) is 0.556. The van der Waals surface area contributed by atoms with Crippen LogP contribution in [-0.2, 0) is 19.1 Å². The van der Waals surface area contributed by atoms with E-state index in [1.807, 2.05) is 0 Å². The lowest BCUT2D eigenvalue weighted by atomic mass is 10.3. The zero-order valence-electron chi connectivity index (χ0n) is 7.54. The predicted octanol–water partition coefficient (Wildman–Crippen LogP) is 0.506. The Hall–Kier alpha value is -1.50. The molecule has 0 saturated carbocycles. The van der Waals surface area contributed by atoms with Crippen LogP contribution in [-0.4, -0.2) is 25.7 Å². The average Bonchev–Trinajstić information content (AvgIpc) is 2.14. The summed E-state index contributed by atoms with van der Waals surface area (Å²) in [7, 11) is 1.27. The van der Waals surface area contributed by atoms with Gasteiger partial charge < -0.3 is 9.47 Å². The van der Waals surface area contributed by atoms with Gasteiger partial charge in [-0.1, -0.05) is 0 Å². The molecule has 72 valence electrons. The molecule has 4 nitrogen and oxygen atoms in total. The Morgan fingerprint density at radius 1 is 1.31 bits per heavy atom. The van der Waals surface area contributed by atoms with Crippen LogP contribution in [0.25, 0.3) is 0 Å². The third kappa shape index (κ3) is 6.88. The van der Waals surface area contributed by atoms with Gasteiger partial charge in [0.25, 0.3) is 0 Å². The summed E-state index contributed by atoms with van der Waals surface area (Å²) >= 11 is 0. The van der Waals surface area contributed by atoms with Crippen LogP contribution in [0.3, 0.4) is 0 Å². The van der Waals surface area contributed by atoms with Gasteiger partial charge in [0.1, 0.15) is 6.61 Å². The van der Waals surface area contributed by atoms with Crippen LogP contribution < -0.4 is 0 Å². The maximum Gasteiger partial charge on any atom is 0.306 e. The summed E-state index contributed by atoms with van der Waals surface area (Å²) in [6.07, 6.45) is 5.42. The van der Waals surface area contributed by atoms with Crippen LogP contribution in [0.5, 0.6) is 0 Å². The zero-order chi connectivity index (χ0) is 10.1. The van der Waals surface area contributed by atoms with Crippen molar-refractivity contribution < 1.29 is 19.1 Å². The average molecular weight is 184 g/mol. The lowest BCUT2D eigenvalue weighted by Crippen LogP contribution is -2.09. The summed E-state index contributed by atoms with van der Waals surface area (Å²) in [4.78, 5) is 21.4. The number of terminal acetylenes is 1. The van der Waals surface area contributed by atoms with Gasteiger partial charge in [0.05, 0.1) is 20.0 Å². The first kappa shape index (κ1) is 11.5. The van der Waals surface area contributed by atoms with Crippen LogP contribution in [0, 0.1) is 12.3 Å². The Kier molecular flexibility index (Phi) is 6.34. The predicted molar refractivity (Wildman–Crippen MR) is 45.7 cm³/mol. The van der Waals surface area contributed by atoms with Crippen molar-refractivity contribution in [1.82, 2.24) is 0 Å². The number of esters is 2. The van der Waals surface area contributed by atoms with Gasteiger partial charge in [0.2, 0.25) is 0 Å². The molecule has 0 aliphatic heterocycles. The van der Waals surface area contributed by atoms with Crippen molar-refractivity contribution in [2.24, 2.45) is 0 Å². The van der Waals surface area contributed by atoms with E-state index in [1.165, 1.54) is 7.11 Å². The molecule has 0 aromatic heterocycles. The van der Waals surface area contributed by atoms with E-state index in [4.69, 9.17) is 6.42 Å². The molecule has 0 unspecified atom stereocenters. The van der Waals surface area contributed by atoms with Crippen LogP contribution >= 0.6 is 0 Å². The van der Waals surface area contributed by atoms with E-state index < -0.39 is 11.9 Å². The SMILES string of the molecule is C#CCCOC(=O)CCC(=O)OC. The first-order valence-corrected chi connectivity index (χ1v) is 3.86. The number of carbonyl (C=O) groups is 2. The Balaban J connectivity index is 3.42. The molecule has 0 radical (unpaired) electrons. The maximum atomic E-state index is 10.8. The number of hydrogen-bond acceptors (Lipinski definition) is 4. The van der Waals surface area contributed by atoms with Gasteiger partial charge in [0.15, 0.2) is 0 Å². The van der Waals surface area contributed by atoms with E-state index in [1.54, 1.807) is 0 Å². The molecule has 0 saturated heterocycles. The molecule has 0 aliphatic rings. The summed E-state index contributed by atoms with van der Waals surface area (Å²) in [5, 5.41) is 0. The van der Waals surface area contributed by atoms with Crippen LogP contribution in [0.4, 0.5) is 0 Å². The van der Waals surface area contributed by atoms with Crippen molar-refractivity contribution >= 4 is 11.9 Å². The van der Waals surface area contributed by atoms with Gasteiger partial charge in [-0.2, -0.15) is 0 Å². The minimum absolute atomic E-state index is 0.0389. The normalized spacial score (nSPS) is 8.62. The summed E-state index contributed by atoms with van der Waals surface area (Å²) in [5.41, 5.74) is 0. The number of ether oxygens (including phenoxy) is 2. The second-order valence-corrected chi connectivity index (χ2v) is 2.25. The summed E-state index contributed by atoms with van der Waals surface area (Å²) in [5.74, 6) is 1.48. The smallest absolute Gasteiger partial charge is 0.306 e. The fourth-order valence-electron chi connectivity index (χ4n) is 0.602. The molecule has 0 N–H and O–H groups in total. The topological polar surface area (TPSA) is 52.6 Å². The highest BCUT2D eigenvalue weighted by atomic mass is 16.5. The van der Waals surface area contributed by atoms with Gasteiger partial charge in [-0.15, -0.1) is 12.3 Å². The molecule has 0 aliphatic carbocycles. The quantitative estimate of drug-likeness (QED) is 0.355. The van der Waals surface area contributed by atoms with E-state index in [0.717, 1.165) is 0 Å². The highest BCUT2D eigenvalue weighted by molar-refractivity contribution is 5.77. The van der Waals surface area contributed by atoms with Crippen molar-refractivity contribution in [2.75, 3.05) is 13.7 Å². The third-order valence-corrected chi connectivity index (χ3v) is 1.27. The van der Waals surface area contributed by atoms with E-state index in [9.17, 15) is 9.59 Å². The Labute approximate surface area is 77.2 Å². The molecule has 0 aromatic carbocycles. The highest BCUT2D eigenvalue weighted by Gasteiger charge is 2.06. The molecule has 0 bridgehead atoms. The second-order valence-electron chi connectivity index (χ2n) is 2.25. The summed E-state index contributed by atoms with van der Waals surface area (Å²) in [6.45, 7) is 0.205. The summed E-state index contributed by atoms with van der Waals surface area (Å²) in [6, 6.07) is 0. The highest BCUT2D eigenvalue weighted by Crippen LogP contribution is 1.95. The lowest BCUT2D eigenvalue weighted by molar-refractivity contribution is -0.148. The van der Waals surface area contributed by atoms with Crippen molar-refractivity contribution in [3.63, 3.8) is 0 Å². The van der Waals surface area contributed by atoms with Crippen LogP contribution in [0.15, 0.2) is 0 Å². The lowest BCUT2D eigenvalue weighted by Gasteiger charge is -2.01. The minimum atomic E-state index is -0.430. The number of carbonyl (C=O) groups excluding carboxylic acids is 2. The fourth-order valence-corrected chi connectivity index (χ4v) is 0.602. The molecule has 13 heavy (non-hydrogen) atoms. The van der Waals surface area contributed by atoms with Crippen molar-refractivity contribution in [3.05, 3.63) is 0 Å². The molecular weight excluding hydrogens is 172 g/mol. The van der Waals surface area contributed by atoms with Gasteiger partial charge in [-0.25, -0.2) is 0 Å². The molecule has 0 atom stereocenters. The third-order valence-electron chi connectivity index (χ3n) is 1.27. The van der Waals surface area contributed by atoms with E-state index >= 15 is 0 Å². The Morgan fingerprint density at radius 3 is 2.46 bits per heavy atom. The number of rotatable bonds is 5. The van der Waals surface area contributed by atoms with E-state index in [0.29, 0.717) is 6.42 Å². The molecule has 4 heteroatoms. The Morgan fingerprint density at radius 2 is 1.92 bits per heavy atom. The largest absolute Gasteiger partial charge is 0.469 e. The first-order valence-electron chi connectivity index (χ1n) is 3.86. The molecule has 0 rings (SSSR count). The molecule has 0 heterocycles. The molecule has 0 spiro atoms.